The fourth-order valence-corrected chi connectivity index (χ4v) is 7.10. The number of hydrogen-bond donors (Lipinski definition) is 3. The Balaban J connectivity index is 1.73. The summed E-state index contributed by atoms with van der Waals surface area (Å²) >= 11 is 18.4. The summed E-state index contributed by atoms with van der Waals surface area (Å²) in [5.74, 6) is -0.893. The zero-order chi connectivity index (χ0) is 26.9. The number of sulfone groups is 1. The van der Waals surface area contributed by atoms with Gasteiger partial charge in [-0.25, -0.2) is 8.42 Å². The van der Waals surface area contributed by atoms with E-state index in [4.69, 9.17) is 40.5 Å². The van der Waals surface area contributed by atoms with Crippen LogP contribution in [0.2, 0.25) is 15.1 Å². The zero-order valence-electron chi connectivity index (χ0n) is 19.7. The fourth-order valence-electron chi connectivity index (χ4n) is 4.35. The lowest BCUT2D eigenvalue weighted by Gasteiger charge is -2.32. The second-order valence-electron chi connectivity index (χ2n) is 8.89. The molecule has 0 heterocycles. The lowest BCUT2D eigenvalue weighted by molar-refractivity contribution is -0.122. The monoisotopic (exact) mass is 579 g/mol. The van der Waals surface area contributed by atoms with Crippen molar-refractivity contribution in [2.45, 2.75) is 42.0 Å². The minimum absolute atomic E-state index is 0.0624. The molecule has 0 radical (unpaired) electrons. The second-order valence-corrected chi connectivity index (χ2v) is 12.3. The van der Waals surface area contributed by atoms with E-state index in [1.165, 1.54) is 12.1 Å². The third-order valence-corrected chi connectivity index (χ3v) is 9.14. The van der Waals surface area contributed by atoms with Crippen LogP contribution in [0, 0.1) is 0 Å². The van der Waals surface area contributed by atoms with E-state index in [0.29, 0.717) is 17.7 Å². The van der Waals surface area contributed by atoms with E-state index in [9.17, 15) is 18.0 Å². The van der Waals surface area contributed by atoms with Gasteiger partial charge in [0, 0.05) is 16.8 Å². The highest BCUT2D eigenvalue weighted by molar-refractivity contribution is 7.91. The molecule has 0 aliphatic heterocycles. The van der Waals surface area contributed by atoms with Crippen LogP contribution in [0.5, 0.6) is 0 Å². The molecule has 3 aromatic rings. The lowest BCUT2D eigenvalue weighted by Crippen LogP contribution is -2.47. The summed E-state index contributed by atoms with van der Waals surface area (Å²) < 4.78 is 27.6. The summed E-state index contributed by atoms with van der Waals surface area (Å²) in [5.41, 5.74) is 7.45. The molecule has 1 unspecified atom stereocenters. The highest BCUT2D eigenvalue weighted by Gasteiger charge is 2.38. The molecule has 1 aliphatic rings. The van der Waals surface area contributed by atoms with Crippen LogP contribution in [0.3, 0.4) is 0 Å². The number of anilines is 1. The molecule has 1 aliphatic carbocycles. The summed E-state index contributed by atoms with van der Waals surface area (Å²) in [5, 5.41) is 5.28. The number of carbonyl (C=O) groups is 2. The highest BCUT2D eigenvalue weighted by Crippen LogP contribution is 2.41. The first-order chi connectivity index (χ1) is 17.5. The Morgan fingerprint density at radius 3 is 2.32 bits per heavy atom. The Morgan fingerprint density at radius 2 is 1.68 bits per heavy atom. The van der Waals surface area contributed by atoms with Crippen molar-refractivity contribution in [1.29, 1.82) is 0 Å². The van der Waals surface area contributed by atoms with E-state index in [2.05, 4.69) is 10.6 Å². The minimum Gasteiger partial charge on any atom is -0.352 e. The van der Waals surface area contributed by atoms with Gasteiger partial charge in [0.15, 0.2) is 9.84 Å². The summed E-state index contributed by atoms with van der Waals surface area (Å²) in [4.78, 5) is 25.3. The van der Waals surface area contributed by atoms with Crippen LogP contribution in [-0.4, -0.2) is 32.3 Å². The van der Waals surface area contributed by atoms with Gasteiger partial charge in [-0.05, 0) is 73.4 Å². The molecule has 0 saturated heterocycles. The molecule has 0 fully saturated rings. The van der Waals surface area contributed by atoms with E-state index >= 15 is 0 Å². The third kappa shape index (κ3) is 5.94. The Kier molecular flexibility index (Phi) is 8.16. The van der Waals surface area contributed by atoms with E-state index in [0.717, 1.165) is 5.56 Å². The number of hydrogen-bond acceptors (Lipinski definition) is 5. The molecule has 37 heavy (non-hydrogen) atoms. The Labute approximate surface area is 230 Å². The predicted molar refractivity (Wildman–Crippen MR) is 146 cm³/mol. The molecular weight excluding hydrogens is 557 g/mol. The number of benzene rings is 3. The zero-order valence-corrected chi connectivity index (χ0v) is 22.8. The molecule has 3 aromatic carbocycles. The Hall–Kier alpha value is -2.62. The normalized spacial score (nSPS) is 18.0. The maximum Gasteiger partial charge on any atom is 0.258 e. The largest absolute Gasteiger partial charge is 0.352 e. The van der Waals surface area contributed by atoms with Crippen LogP contribution in [0.1, 0.15) is 40.1 Å². The number of rotatable bonds is 6. The lowest BCUT2D eigenvalue weighted by atomic mass is 9.87. The van der Waals surface area contributed by atoms with Gasteiger partial charge in [0.1, 0.15) is 0 Å². The summed E-state index contributed by atoms with van der Waals surface area (Å²) in [7, 11) is -3.92. The number of nitrogens with one attached hydrogen (secondary N) is 2. The van der Waals surface area contributed by atoms with Gasteiger partial charge in [-0.1, -0.05) is 53.0 Å². The molecule has 0 spiro atoms. The molecule has 2 amide bonds. The van der Waals surface area contributed by atoms with Gasteiger partial charge < -0.3 is 16.4 Å². The average molecular weight is 581 g/mol. The van der Waals surface area contributed by atoms with E-state index in [1.54, 1.807) is 55.5 Å². The quantitative estimate of drug-likeness (QED) is 0.371. The standard InChI is InChI=1S/C26H24Cl3N3O4S/c1-14(30)25(33)32-18-10-15-8-9-17(31-26(34)24-21(28)6-3-7-22(24)29)12-20(15)23(13-18)37(35,36)19-5-2-4-16(27)11-19/h2-9,11-12,14,18,23H,10,13,30H2,1H3,(H,31,34)(H,32,33)/t14-,18-,23?/m1/s1. The first kappa shape index (κ1) is 27.4. The maximum absolute atomic E-state index is 13.8. The third-order valence-electron chi connectivity index (χ3n) is 6.16. The first-order valence-electron chi connectivity index (χ1n) is 11.4. The Morgan fingerprint density at radius 1 is 1.00 bits per heavy atom. The van der Waals surface area contributed by atoms with Gasteiger partial charge in [-0.2, -0.15) is 0 Å². The molecular formula is C26H24Cl3N3O4S. The summed E-state index contributed by atoms with van der Waals surface area (Å²) in [6.07, 6.45) is 0.522. The number of amides is 2. The van der Waals surface area contributed by atoms with Crippen molar-refractivity contribution in [3.8, 4) is 0 Å². The van der Waals surface area contributed by atoms with Crippen LogP contribution in [0.4, 0.5) is 5.69 Å². The summed E-state index contributed by atoms with van der Waals surface area (Å²) in [6.45, 7) is 1.56. The molecule has 0 saturated carbocycles. The Bertz CT molecular complexity index is 1460. The molecule has 0 bridgehead atoms. The van der Waals surface area contributed by atoms with Crippen LogP contribution < -0.4 is 16.4 Å². The summed E-state index contributed by atoms with van der Waals surface area (Å²) in [6, 6.07) is 14.6. The number of halogens is 3. The van der Waals surface area contributed by atoms with Crippen molar-refractivity contribution in [2.24, 2.45) is 5.73 Å². The van der Waals surface area contributed by atoms with Crippen LogP contribution in [0.25, 0.3) is 0 Å². The molecule has 0 aromatic heterocycles. The molecule has 4 rings (SSSR count). The fraction of sp³-hybridized carbons (Fsp3) is 0.231. The van der Waals surface area contributed by atoms with Crippen molar-refractivity contribution in [1.82, 2.24) is 5.32 Å². The number of carbonyl (C=O) groups excluding carboxylic acids is 2. The van der Waals surface area contributed by atoms with Gasteiger partial charge in [0.05, 0.1) is 31.8 Å². The minimum atomic E-state index is -3.92. The molecule has 194 valence electrons. The van der Waals surface area contributed by atoms with Gasteiger partial charge in [-0.15, -0.1) is 0 Å². The van der Waals surface area contributed by atoms with Crippen molar-refractivity contribution >= 4 is 62.1 Å². The van der Waals surface area contributed by atoms with E-state index in [-0.39, 0.29) is 37.9 Å². The topological polar surface area (TPSA) is 118 Å². The van der Waals surface area contributed by atoms with Gasteiger partial charge in [-0.3, -0.25) is 9.59 Å². The van der Waals surface area contributed by atoms with Gasteiger partial charge >= 0.3 is 0 Å². The van der Waals surface area contributed by atoms with Crippen molar-refractivity contribution < 1.29 is 18.0 Å². The molecule has 7 nitrogen and oxygen atoms in total. The van der Waals surface area contributed by atoms with Gasteiger partial charge in [0.25, 0.3) is 5.91 Å². The SMILES string of the molecule is C[C@@H](N)C(=O)N[C@@H]1Cc2ccc(NC(=O)c3c(Cl)cccc3Cl)cc2C(S(=O)(=O)c2cccc(Cl)c2)C1. The van der Waals surface area contributed by atoms with E-state index < -0.39 is 33.1 Å². The average Bonchev–Trinajstić information content (AvgIpc) is 2.83. The maximum atomic E-state index is 13.8. The molecule has 3 atom stereocenters. The van der Waals surface area contributed by atoms with Crippen LogP contribution in [-0.2, 0) is 21.1 Å². The number of fused-ring (bicyclic) bond motifs is 1. The predicted octanol–water partition coefficient (Wildman–Crippen LogP) is 5.19. The second kappa shape index (κ2) is 11.0. The van der Waals surface area contributed by atoms with Crippen molar-refractivity contribution in [3.05, 3.63) is 92.4 Å². The molecule has 4 N–H and O–H groups in total. The van der Waals surface area contributed by atoms with Gasteiger partial charge in [0.2, 0.25) is 5.91 Å². The smallest absolute Gasteiger partial charge is 0.258 e. The van der Waals surface area contributed by atoms with Crippen molar-refractivity contribution in [3.63, 3.8) is 0 Å². The first-order valence-corrected chi connectivity index (χ1v) is 14.1. The molecule has 11 heteroatoms. The highest BCUT2D eigenvalue weighted by atomic mass is 35.5. The van der Waals surface area contributed by atoms with E-state index in [1.807, 2.05) is 0 Å². The van der Waals surface area contributed by atoms with Crippen LogP contribution >= 0.6 is 34.8 Å². The van der Waals surface area contributed by atoms with Crippen molar-refractivity contribution in [2.75, 3.05) is 5.32 Å². The van der Waals surface area contributed by atoms with Crippen LogP contribution in [0.15, 0.2) is 65.6 Å². The number of nitrogens with two attached hydrogens (primary N) is 1.